The number of amides is 1. The molecular formula is C18H16N4OS. The Morgan fingerprint density at radius 3 is 2.71 bits per heavy atom. The molecule has 1 amide bonds. The molecule has 1 N–H and O–H groups in total. The number of imidazole rings is 1. The predicted molar refractivity (Wildman–Crippen MR) is 97.3 cm³/mol. The second kappa shape index (κ2) is 6.13. The zero-order chi connectivity index (χ0) is 16.5. The number of fused-ring (bicyclic) bond motifs is 1. The van der Waals surface area contributed by atoms with Crippen LogP contribution in [0.1, 0.15) is 18.8 Å². The van der Waals surface area contributed by atoms with Crippen molar-refractivity contribution in [1.82, 2.24) is 14.9 Å². The topological polar surface area (TPSA) is 61.4 Å². The van der Waals surface area contributed by atoms with Crippen molar-refractivity contribution >= 4 is 39.6 Å². The van der Waals surface area contributed by atoms with Gasteiger partial charge >= 0.3 is 0 Å². The molecule has 0 aliphatic carbocycles. The highest BCUT2D eigenvalue weighted by Gasteiger charge is 2.34. The third kappa shape index (κ3) is 2.69. The van der Waals surface area contributed by atoms with Crippen LogP contribution in [0.5, 0.6) is 0 Å². The highest BCUT2D eigenvalue weighted by molar-refractivity contribution is 8.15. The lowest BCUT2D eigenvalue weighted by Crippen LogP contribution is -2.32. The van der Waals surface area contributed by atoms with Gasteiger partial charge in [-0.25, -0.2) is 9.98 Å². The standard InChI is InChI=1S/C18H16N4OS/c1-12(17-20-14-9-5-6-10-15(14)21-17)22-16(23)11-24-18(22)19-13-7-3-2-4-8-13/h2-10,12H,11H2,1H3,(H,20,21). The number of hydrogen-bond donors (Lipinski definition) is 1. The van der Waals surface area contributed by atoms with Gasteiger partial charge in [-0.2, -0.15) is 0 Å². The minimum atomic E-state index is -0.192. The van der Waals surface area contributed by atoms with Gasteiger partial charge in [0, 0.05) is 0 Å². The van der Waals surface area contributed by atoms with E-state index in [1.54, 1.807) is 4.90 Å². The first-order chi connectivity index (χ1) is 11.7. The minimum Gasteiger partial charge on any atom is -0.340 e. The molecule has 2 heterocycles. The predicted octanol–water partition coefficient (Wildman–Crippen LogP) is 3.89. The summed E-state index contributed by atoms with van der Waals surface area (Å²) in [6, 6.07) is 17.4. The molecule has 6 heteroatoms. The van der Waals surface area contributed by atoms with Crippen LogP contribution in [0.15, 0.2) is 59.6 Å². The largest absolute Gasteiger partial charge is 0.340 e. The number of carbonyl (C=O) groups is 1. The molecule has 3 aromatic rings. The molecule has 0 spiro atoms. The molecule has 1 saturated heterocycles. The first-order valence-corrected chi connectivity index (χ1v) is 8.74. The van der Waals surface area contributed by atoms with E-state index in [-0.39, 0.29) is 11.9 Å². The lowest BCUT2D eigenvalue weighted by Gasteiger charge is -2.22. The quantitative estimate of drug-likeness (QED) is 0.789. The van der Waals surface area contributed by atoms with Crippen molar-refractivity contribution in [3.05, 3.63) is 60.4 Å². The van der Waals surface area contributed by atoms with E-state index in [1.165, 1.54) is 11.8 Å². The van der Waals surface area contributed by atoms with Crippen molar-refractivity contribution in [2.75, 3.05) is 5.75 Å². The number of nitrogens with one attached hydrogen (secondary N) is 1. The van der Waals surface area contributed by atoms with Gasteiger partial charge in [0.25, 0.3) is 0 Å². The molecule has 2 aromatic carbocycles. The number of aliphatic imine (C=N–C) groups is 1. The van der Waals surface area contributed by atoms with Gasteiger partial charge in [-0.15, -0.1) is 0 Å². The lowest BCUT2D eigenvalue weighted by molar-refractivity contribution is -0.125. The average Bonchev–Trinajstić information content (AvgIpc) is 3.19. The van der Waals surface area contributed by atoms with E-state index < -0.39 is 0 Å². The minimum absolute atomic E-state index is 0.0580. The summed E-state index contributed by atoms with van der Waals surface area (Å²) in [5, 5.41) is 0.721. The van der Waals surface area contributed by atoms with Crippen molar-refractivity contribution in [3.63, 3.8) is 0 Å². The fraction of sp³-hybridized carbons (Fsp3) is 0.167. The van der Waals surface area contributed by atoms with Gasteiger partial charge in [0.1, 0.15) is 5.82 Å². The normalized spacial score (nSPS) is 17.8. The van der Waals surface area contributed by atoms with E-state index in [0.717, 1.165) is 27.7 Å². The Hall–Kier alpha value is -2.60. The molecule has 120 valence electrons. The first-order valence-electron chi connectivity index (χ1n) is 7.75. The summed E-state index contributed by atoms with van der Waals surface area (Å²) in [5.74, 6) is 1.24. The second-order valence-electron chi connectivity index (χ2n) is 5.60. The Morgan fingerprint density at radius 2 is 1.92 bits per heavy atom. The van der Waals surface area contributed by atoms with Crippen LogP contribution in [-0.4, -0.2) is 31.7 Å². The summed E-state index contributed by atoms with van der Waals surface area (Å²) in [7, 11) is 0. The van der Waals surface area contributed by atoms with E-state index in [0.29, 0.717) is 5.75 Å². The molecule has 1 aromatic heterocycles. The van der Waals surface area contributed by atoms with Crippen LogP contribution in [0.25, 0.3) is 11.0 Å². The molecule has 1 fully saturated rings. The lowest BCUT2D eigenvalue weighted by atomic mass is 10.3. The molecule has 5 nitrogen and oxygen atoms in total. The van der Waals surface area contributed by atoms with Gasteiger partial charge < -0.3 is 4.98 Å². The van der Waals surface area contributed by atoms with E-state index in [9.17, 15) is 4.79 Å². The SMILES string of the molecule is CC(c1nc2ccccc2[nH]1)N1C(=O)CSC1=Nc1ccccc1. The van der Waals surface area contributed by atoms with Crippen molar-refractivity contribution in [2.45, 2.75) is 13.0 Å². The van der Waals surface area contributed by atoms with Gasteiger partial charge in [0.05, 0.1) is 28.5 Å². The first kappa shape index (κ1) is 15.0. The third-order valence-corrected chi connectivity index (χ3v) is 4.91. The molecule has 1 aliphatic heterocycles. The van der Waals surface area contributed by atoms with Gasteiger partial charge in [-0.3, -0.25) is 9.69 Å². The third-order valence-electron chi connectivity index (χ3n) is 3.97. The zero-order valence-corrected chi connectivity index (χ0v) is 14.0. The van der Waals surface area contributed by atoms with Crippen molar-refractivity contribution in [1.29, 1.82) is 0 Å². The number of nitrogens with zero attached hydrogens (tertiary/aromatic N) is 3. The maximum Gasteiger partial charge on any atom is 0.239 e. The van der Waals surface area contributed by atoms with Crippen molar-refractivity contribution in [3.8, 4) is 0 Å². The van der Waals surface area contributed by atoms with Crippen LogP contribution in [0.4, 0.5) is 5.69 Å². The van der Waals surface area contributed by atoms with E-state index in [1.807, 2.05) is 61.5 Å². The number of hydrogen-bond acceptors (Lipinski definition) is 4. The number of benzene rings is 2. The highest BCUT2D eigenvalue weighted by Crippen LogP contribution is 2.31. The smallest absolute Gasteiger partial charge is 0.239 e. The molecule has 0 radical (unpaired) electrons. The van der Waals surface area contributed by atoms with Gasteiger partial charge in [0.15, 0.2) is 5.17 Å². The maximum atomic E-state index is 12.4. The van der Waals surface area contributed by atoms with Crippen molar-refractivity contribution < 1.29 is 4.79 Å². The fourth-order valence-electron chi connectivity index (χ4n) is 2.75. The van der Waals surface area contributed by atoms with Gasteiger partial charge in [-0.05, 0) is 31.2 Å². The Bertz CT molecular complexity index is 886. The second-order valence-corrected chi connectivity index (χ2v) is 6.54. The van der Waals surface area contributed by atoms with Crippen LogP contribution < -0.4 is 0 Å². The van der Waals surface area contributed by atoms with Gasteiger partial charge in [-0.1, -0.05) is 42.1 Å². The van der Waals surface area contributed by atoms with Gasteiger partial charge in [0.2, 0.25) is 5.91 Å². The molecule has 0 bridgehead atoms. The average molecular weight is 336 g/mol. The summed E-state index contributed by atoms with van der Waals surface area (Å²) in [6.07, 6.45) is 0. The summed E-state index contributed by atoms with van der Waals surface area (Å²) >= 11 is 1.47. The van der Waals surface area contributed by atoms with Crippen LogP contribution in [0, 0.1) is 0 Å². The molecule has 1 atom stereocenters. The number of H-pyrrole nitrogens is 1. The number of aromatic nitrogens is 2. The van der Waals surface area contributed by atoms with Crippen LogP contribution in [0.2, 0.25) is 0 Å². The summed E-state index contributed by atoms with van der Waals surface area (Å²) in [4.78, 5) is 26.7. The Kier molecular flexibility index (Phi) is 3.82. The molecule has 24 heavy (non-hydrogen) atoms. The monoisotopic (exact) mass is 336 g/mol. The summed E-state index contributed by atoms with van der Waals surface area (Å²) in [6.45, 7) is 1.97. The molecular weight excluding hydrogens is 320 g/mol. The highest BCUT2D eigenvalue weighted by atomic mass is 32.2. The Morgan fingerprint density at radius 1 is 1.17 bits per heavy atom. The fourth-order valence-corrected chi connectivity index (χ4v) is 3.71. The number of amidine groups is 1. The number of rotatable bonds is 3. The molecule has 1 aliphatic rings. The number of para-hydroxylation sites is 3. The summed E-state index contributed by atoms with van der Waals surface area (Å²) < 4.78 is 0. The maximum absolute atomic E-state index is 12.4. The molecule has 4 rings (SSSR count). The summed E-state index contributed by atoms with van der Waals surface area (Å²) in [5.41, 5.74) is 2.72. The number of aromatic amines is 1. The Balaban J connectivity index is 1.69. The van der Waals surface area contributed by atoms with E-state index in [4.69, 9.17) is 0 Å². The van der Waals surface area contributed by atoms with E-state index >= 15 is 0 Å². The number of thioether (sulfide) groups is 1. The van der Waals surface area contributed by atoms with Crippen LogP contribution in [-0.2, 0) is 4.79 Å². The number of carbonyl (C=O) groups excluding carboxylic acids is 1. The van der Waals surface area contributed by atoms with Crippen LogP contribution >= 0.6 is 11.8 Å². The van der Waals surface area contributed by atoms with E-state index in [2.05, 4.69) is 15.0 Å². The molecule has 1 unspecified atom stereocenters. The molecule has 0 saturated carbocycles. The Labute approximate surface area is 143 Å². The van der Waals surface area contributed by atoms with Crippen molar-refractivity contribution in [2.24, 2.45) is 4.99 Å². The zero-order valence-electron chi connectivity index (χ0n) is 13.1. The van der Waals surface area contributed by atoms with Crippen LogP contribution in [0.3, 0.4) is 0 Å².